The van der Waals surface area contributed by atoms with Crippen LogP contribution in [0.3, 0.4) is 0 Å². The Hall–Kier alpha value is -1.72. The molecule has 0 aliphatic rings. The Morgan fingerprint density at radius 1 is 1.13 bits per heavy atom. The van der Waals surface area contributed by atoms with Crippen molar-refractivity contribution in [3.05, 3.63) is 0 Å². The summed E-state index contributed by atoms with van der Waals surface area (Å²) in [6.07, 6.45) is -1.67. The predicted octanol–water partition coefficient (Wildman–Crippen LogP) is 1.50. The molecule has 10 nitrogen and oxygen atoms in total. The van der Waals surface area contributed by atoms with Crippen molar-refractivity contribution < 1.29 is 41.6 Å². The zero-order chi connectivity index (χ0) is 24.2. The molecule has 0 aliphatic heterocycles. The van der Waals surface area contributed by atoms with E-state index in [2.05, 4.69) is 5.32 Å². The van der Waals surface area contributed by atoms with Crippen LogP contribution in [0.4, 0.5) is 0 Å². The molecule has 2 atom stereocenters. The molecule has 0 radical (unpaired) electrons. The fraction of sp³-hybridized carbons (Fsp3) is 0.850. The van der Waals surface area contributed by atoms with Gasteiger partial charge in [-0.3, -0.25) is 13.8 Å². The van der Waals surface area contributed by atoms with E-state index in [0.29, 0.717) is 6.42 Å². The number of esters is 2. The molecule has 11 heteroatoms. The first-order chi connectivity index (χ1) is 14.2. The molecule has 0 aromatic rings. The molecule has 0 saturated carbocycles. The Labute approximate surface area is 185 Å². The van der Waals surface area contributed by atoms with Crippen LogP contribution in [0.5, 0.6) is 0 Å². The number of rotatable bonds is 15. The molecule has 0 spiro atoms. The maximum atomic E-state index is 12.4. The highest BCUT2D eigenvalue weighted by Crippen LogP contribution is 2.24. The largest absolute Gasteiger partial charge is 0.425 e. The fourth-order valence-electron chi connectivity index (χ4n) is 2.31. The number of carbonyl (C=O) groups is 3. The van der Waals surface area contributed by atoms with Crippen molar-refractivity contribution in [3.8, 4) is 0 Å². The third-order valence-corrected chi connectivity index (χ3v) is 5.39. The summed E-state index contributed by atoms with van der Waals surface area (Å²) in [6.45, 7) is 9.47. The number of amides is 1. The zero-order valence-corrected chi connectivity index (χ0v) is 20.1. The van der Waals surface area contributed by atoms with Crippen molar-refractivity contribution in [2.75, 3.05) is 18.9 Å². The van der Waals surface area contributed by atoms with E-state index in [1.165, 1.54) is 20.8 Å². The third kappa shape index (κ3) is 13.3. The second kappa shape index (κ2) is 13.6. The number of nitrogens with one attached hydrogen (secondary N) is 1. The fourth-order valence-corrected chi connectivity index (χ4v) is 3.41. The van der Waals surface area contributed by atoms with Crippen molar-refractivity contribution in [2.45, 2.75) is 79.6 Å². The SMILES string of the molecule is CCCC(OC(=O)CC(C)C)OC(=O)[C@H](O)C(C)(C)COS(=O)(=O)CCCNC(C)=O. The van der Waals surface area contributed by atoms with Crippen molar-refractivity contribution in [3.63, 3.8) is 0 Å². The molecule has 0 heterocycles. The van der Waals surface area contributed by atoms with E-state index in [-0.39, 0.29) is 43.4 Å². The summed E-state index contributed by atoms with van der Waals surface area (Å²) in [5.74, 6) is -2.06. The van der Waals surface area contributed by atoms with Crippen LogP contribution in [0.25, 0.3) is 0 Å². The van der Waals surface area contributed by atoms with Gasteiger partial charge in [-0.15, -0.1) is 0 Å². The summed E-state index contributed by atoms with van der Waals surface area (Å²) in [6, 6.07) is 0. The number of hydrogen-bond acceptors (Lipinski definition) is 9. The average Bonchev–Trinajstić information content (AvgIpc) is 2.62. The Kier molecular flexibility index (Phi) is 12.9. The first-order valence-electron chi connectivity index (χ1n) is 10.4. The van der Waals surface area contributed by atoms with E-state index in [1.807, 2.05) is 20.8 Å². The Bertz CT molecular complexity index is 689. The molecule has 2 N–H and O–H groups in total. The minimum atomic E-state index is -3.91. The van der Waals surface area contributed by atoms with E-state index in [1.54, 1.807) is 0 Å². The van der Waals surface area contributed by atoms with Crippen molar-refractivity contribution in [1.29, 1.82) is 0 Å². The number of aliphatic hydroxyl groups excluding tert-OH is 1. The second-order valence-electron chi connectivity index (χ2n) is 8.49. The highest BCUT2D eigenvalue weighted by Gasteiger charge is 2.38. The van der Waals surface area contributed by atoms with Gasteiger partial charge in [0.25, 0.3) is 10.1 Å². The van der Waals surface area contributed by atoms with Crippen LogP contribution in [-0.2, 0) is 38.2 Å². The summed E-state index contributed by atoms with van der Waals surface area (Å²) >= 11 is 0. The summed E-state index contributed by atoms with van der Waals surface area (Å²) in [5, 5.41) is 12.9. The first-order valence-corrected chi connectivity index (χ1v) is 12.0. The highest BCUT2D eigenvalue weighted by atomic mass is 32.2. The lowest BCUT2D eigenvalue weighted by molar-refractivity contribution is -0.199. The molecule has 0 aliphatic carbocycles. The molecule has 0 aromatic carbocycles. The van der Waals surface area contributed by atoms with E-state index in [4.69, 9.17) is 13.7 Å². The van der Waals surface area contributed by atoms with Gasteiger partial charge in [0.2, 0.25) is 12.2 Å². The standard InChI is InChI=1S/C20H37NO9S/c1-7-9-17(29-16(23)12-14(2)3)30-19(25)18(24)20(5,6)13-28-31(26,27)11-8-10-21-15(4)22/h14,17-18,24H,7-13H2,1-6H3,(H,21,22)/t17?,18-/m0/s1. The first kappa shape index (κ1) is 29.3. The molecule has 1 amide bonds. The molecular weight excluding hydrogens is 430 g/mol. The second-order valence-corrected chi connectivity index (χ2v) is 10.3. The minimum Gasteiger partial charge on any atom is -0.425 e. The van der Waals surface area contributed by atoms with Gasteiger partial charge >= 0.3 is 11.9 Å². The Morgan fingerprint density at radius 3 is 2.26 bits per heavy atom. The van der Waals surface area contributed by atoms with Gasteiger partial charge in [-0.05, 0) is 18.8 Å². The Balaban J connectivity index is 4.79. The molecule has 0 fully saturated rings. The summed E-state index contributed by atoms with van der Waals surface area (Å²) < 4.78 is 39.3. The molecule has 0 rings (SSSR count). The van der Waals surface area contributed by atoms with Crippen molar-refractivity contribution in [1.82, 2.24) is 5.32 Å². The van der Waals surface area contributed by atoms with Crippen molar-refractivity contribution >= 4 is 28.0 Å². The van der Waals surface area contributed by atoms with Crippen LogP contribution in [0.2, 0.25) is 0 Å². The van der Waals surface area contributed by atoms with Crippen LogP contribution in [0, 0.1) is 11.3 Å². The number of ether oxygens (including phenoxy) is 2. The summed E-state index contributed by atoms with van der Waals surface area (Å²) in [7, 11) is -3.91. The molecule has 0 saturated heterocycles. The van der Waals surface area contributed by atoms with Gasteiger partial charge < -0.3 is 19.9 Å². The number of hydrogen-bond donors (Lipinski definition) is 2. The van der Waals surface area contributed by atoms with Gasteiger partial charge in [0.15, 0.2) is 6.10 Å². The van der Waals surface area contributed by atoms with E-state index in [0.717, 1.165) is 0 Å². The van der Waals surface area contributed by atoms with E-state index in [9.17, 15) is 27.9 Å². The van der Waals surface area contributed by atoms with Gasteiger partial charge in [0.05, 0.1) is 12.4 Å². The molecule has 1 unspecified atom stereocenters. The summed E-state index contributed by atoms with van der Waals surface area (Å²) in [5.41, 5.74) is -1.29. The predicted molar refractivity (Wildman–Crippen MR) is 113 cm³/mol. The van der Waals surface area contributed by atoms with Gasteiger partial charge in [-0.1, -0.05) is 34.6 Å². The monoisotopic (exact) mass is 467 g/mol. The van der Waals surface area contributed by atoms with Gasteiger partial charge in [0, 0.05) is 31.7 Å². The summed E-state index contributed by atoms with van der Waals surface area (Å²) in [4.78, 5) is 35.0. The number of aliphatic hydroxyl groups is 1. The normalized spacial score (nSPS) is 14.1. The lowest BCUT2D eigenvalue weighted by atomic mass is 9.87. The topological polar surface area (TPSA) is 145 Å². The lowest BCUT2D eigenvalue weighted by Gasteiger charge is -2.29. The molecule has 182 valence electrons. The van der Waals surface area contributed by atoms with Gasteiger partial charge in [-0.25, -0.2) is 4.79 Å². The van der Waals surface area contributed by atoms with E-state index < -0.39 is 46.5 Å². The van der Waals surface area contributed by atoms with Crippen LogP contribution in [0.15, 0.2) is 0 Å². The smallest absolute Gasteiger partial charge is 0.338 e. The van der Waals surface area contributed by atoms with Gasteiger partial charge in [0.1, 0.15) is 0 Å². The van der Waals surface area contributed by atoms with Crippen LogP contribution >= 0.6 is 0 Å². The molecular formula is C20H37NO9S. The maximum absolute atomic E-state index is 12.4. The average molecular weight is 468 g/mol. The highest BCUT2D eigenvalue weighted by molar-refractivity contribution is 7.86. The molecule has 0 bridgehead atoms. The van der Waals surface area contributed by atoms with E-state index >= 15 is 0 Å². The minimum absolute atomic E-state index is 0.0762. The van der Waals surface area contributed by atoms with Crippen LogP contribution in [-0.4, -0.2) is 62.7 Å². The number of carbonyl (C=O) groups excluding carboxylic acids is 3. The third-order valence-electron chi connectivity index (χ3n) is 4.13. The lowest BCUT2D eigenvalue weighted by Crippen LogP contribution is -2.43. The zero-order valence-electron chi connectivity index (χ0n) is 19.3. The molecule has 0 aromatic heterocycles. The van der Waals surface area contributed by atoms with Gasteiger partial charge in [-0.2, -0.15) is 8.42 Å². The van der Waals surface area contributed by atoms with Crippen LogP contribution < -0.4 is 5.32 Å². The molecule has 31 heavy (non-hydrogen) atoms. The maximum Gasteiger partial charge on any atom is 0.338 e. The van der Waals surface area contributed by atoms with Crippen LogP contribution in [0.1, 0.15) is 67.2 Å². The quantitative estimate of drug-likeness (QED) is 0.158. The van der Waals surface area contributed by atoms with Crippen molar-refractivity contribution in [2.24, 2.45) is 11.3 Å². The Morgan fingerprint density at radius 2 is 1.74 bits per heavy atom.